The summed E-state index contributed by atoms with van der Waals surface area (Å²) in [5.41, 5.74) is 2.19. The molecule has 3 aliphatic heterocycles. The molecule has 8 nitrogen and oxygen atoms in total. The summed E-state index contributed by atoms with van der Waals surface area (Å²) in [7, 11) is 1.67. The van der Waals surface area contributed by atoms with Crippen molar-refractivity contribution in [3.05, 3.63) is 65.7 Å². The molecule has 0 N–H and O–H groups in total. The lowest BCUT2D eigenvalue weighted by molar-refractivity contribution is -0.139. The van der Waals surface area contributed by atoms with Gasteiger partial charge in [-0.3, -0.25) is 4.79 Å². The zero-order valence-corrected chi connectivity index (χ0v) is 24.9. The van der Waals surface area contributed by atoms with E-state index in [9.17, 15) is 9.59 Å². The third-order valence-corrected chi connectivity index (χ3v) is 10.1. The number of ether oxygens (including phenoxy) is 2. The standard InChI is InChI=1S/C34H45N3O5/c1-40-29-14-12-26(13-15-29)22-36-21-18-34(32(36)38)16-19-35(20-17-34)23-28-24-37(25-31(28)27-8-4-2-5-9-27)42-33(39)41-30-10-6-3-7-11-30/h2,4-5,8-9,12-15,28,30-31H,3,6-7,10-11,16-25H2,1H3/t28-,31+/m0/s1. The Balaban J connectivity index is 1.04. The third kappa shape index (κ3) is 6.60. The minimum atomic E-state index is -0.562. The van der Waals surface area contributed by atoms with E-state index >= 15 is 0 Å². The first-order chi connectivity index (χ1) is 20.5. The number of methoxy groups -OCH3 is 1. The SMILES string of the molecule is COc1ccc(CN2CCC3(CCN(C[C@H]4CN(OC(=O)OC5CCCCC5)C[C@@H]4c4ccccc4)CC3)C2=O)cc1. The number of carbonyl (C=O) groups excluding carboxylic acids is 2. The van der Waals surface area contributed by atoms with Crippen molar-refractivity contribution in [2.45, 2.75) is 69.9 Å². The molecule has 6 rings (SSSR count). The fourth-order valence-corrected chi connectivity index (χ4v) is 7.57. The van der Waals surface area contributed by atoms with E-state index in [0.717, 1.165) is 82.4 Å². The molecule has 1 saturated carbocycles. The van der Waals surface area contributed by atoms with Gasteiger partial charge in [-0.1, -0.05) is 48.9 Å². The molecule has 0 bridgehead atoms. The fourth-order valence-electron chi connectivity index (χ4n) is 7.57. The van der Waals surface area contributed by atoms with E-state index in [1.54, 1.807) is 7.11 Å². The molecule has 4 aliphatic rings. The molecule has 0 unspecified atom stereocenters. The summed E-state index contributed by atoms with van der Waals surface area (Å²) in [6.45, 7) is 5.62. The van der Waals surface area contributed by atoms with Gasteiger partial charge in [-0.25, -0.2) is 4.79 Å². The van der Waals surface area contributed by atoms with E-state index in [4.69, 9.17) is 14.3 Å². The van der Waals surface area contributed by atoms with Crippen LogP contribution in [0, 0.1) is 11.3 Å². The number of hydrogen-bond donors (Lipinski definition) is 0. The molecule has 2 aromatic rings. The maximum Gasteiger partial charge on any atom is 0.528 e. The highest BCUT2D eigenvalue weighted by molar-refractivity contribution is 5.85. The number of amides is 1. The first-order valence-corrected chi connectivity index (χ1v) is 15.8. The van der Waals surface area contributed by atoms with Crippen LogP contribution in [0.15, 0.2) is 54.6 Å². The van der Waals surface area contributed by atoms with Crippen LogP contribution in [-0.2, 0) is 20.9 Å². The molecule has 3 heterocycles. The molecule has 1 spiro atoms. The molecule has 42 heavy (non-hydrogen) atoms. The monoisotopic (exact) mass is 575 g/mol. The predicted octanol–water partition coefficient (Wildman–Crippen LogP) is 5.63. The molecule has 8 heteroatoms. The van der Waals surface area contributed by atoms with E-state index in [1.165, 1.54) is 12.0 Å². The second-order valence-electron chi connectivity index (χ2n) is 12.7. The van der Waals surface area contributed by atoms with Gasteiger partial charge in [0.25, 0.3) is 0 Å². The molecule has 2 aromatic carbocycles. The largest absolute Gasteiger partial charge is 0.528 e. The van der Waals surface area contributed by atoms with Crippen molar-refractivity contribution in [1.82, 2.24) is 14.9 Å². The van der Waals surface area contributed by atoms with E-state index < -0.39 is 6.16 Å². The Morgan fingerprint density at radius 2 is 1.62 bits per heavy atom. The van der Waals surface area contributed by atoms with Crippen LogP contribution in [0.25, 0.3) is 0 Å². The number of piperidine rings is 1. The molecule has 0 aromatic heterocycles. The molecular weight excluding hydrogens is 530 g/mol. The fraction of sp³-hybridized carbons (Fsp3) is 0.588. The average molecular weight is 576 g/mol. The lowest BCUT2D eigenvalue weighted by atomic mass is 9.76. The van der Waals surface area contributed by atoms with Crippen molar-refractivity contribution < 1.29 is 23.9 Å². The van der Waals surface area contributed by atoms with E-state index in [1.807, 2.05) is 40.3 Å². The minimum absolute atomic E-state index is 0.0133. The Morgan fingerprint density at radius 3 is 2.33 bits per heavy atom. The maximum atomic E-state index is 13.6. The van der Waals surface area contributed by atoms with E-state index in [0.29, 0.717) is 31.5 Å². The Kier molecular flexibility index (Phi) is 9.00. The first-order valence-electron chi connectivity index (χ1n) is 15.8. The normalized spacial score (nSPS) is 25.2. The van der Waals surface area contributed by atoms with Gasteiger partial charge >= 0.3 is 6.16 Å². The summed E-state index contributed by atoms with van der Waals surface area (Å²) in [5.74, 6) is 1.76. The van der Waals surface area contributed by atoms with Gasteiger partial charge in [0, 0.05) is 38.6 Å². The van der Waals surface area contributed by atoms with Crippen LogP contribution < -0.4 is 4.74 Å². The summed E-state index contributed by atoms with van der Waals surface area (Å²) in [6.07, 6.45) is 7.49. The zero-order valence-electron chi connectivity index (χ0n) is 24.9. The summed E-state index contributed by atoms with van der Waals surface area (Å²) >= 11 is 0. The minimum Gasteiger partial charge on any atom is -0.497 e. The Morgan fingerprint density at radius 1 is 0.905 bits per heavy atom. The van der Waals surface area contributed by atoms with E-state index in [-0.39, 0.29) is 17.4 Å². The summed E-state index contributed by atoms with van der Waals surface area (Å²) in [5, 5.41) is 1.82. The van der Waals surface area contributed by atoms with Crippen LogP contribution in [0.4, 0.5) is 4.79 Å². The number of hydroxylamine groups is 2. The molecule has 226 valence electrons. The highest BCUT2D eigenvalue weighted by atomic mass is 16.8. The van der Waals surface area contributed by atoms with Crippen molar-refractivity contribution in [1.29, 1.82) is 0 Å². The van der Waals surface area contributed by atoms with Crippen molar-refractivity contribution in [3.8, 4) is 5.75 Å². The Labute approximate surface area is 249 Å². The molecule has 0 radical (unpaired) electrons. The highest BCUT2D eigenvalue weighted by Crippen LogP contribution is 2.43. The smallest absolute Gasteiger partial charge is 0.497 e. The summed E-state index contributed by atoms with van der Waals surface area (Å²) < 4.78 is 10.9. The average Bonchev–Trinajstić information content (AvgIpc) is 3.55. The Hall–Kier alpha value is -3.10. The van der Waals surface area contributed by atoms with Gasteiger partial charge in [-0.15, -0.1) is 5.06 Å². The third-order valence-electron chi connectivity index (χ3n) is 10.1. The zero-order chi connectivity index (χ0) is 28.9. The number of hydrogen-bond acceptors (Lipinski definition) is 7. The van der Waals surface area contributed by atoms with Crippen LogP contribution in [0.2, 0.25) is 0 Å². The maximum absolute atomic E-state index is 13.6. The first kappa shape index (κ1) is 29.0. The van der Waals surface area contributed by atoms with Gasteiger partial charge in [0.15, 0.2) is 0 Å². The summed E-state index contributed by atoms with van der Waals surface area (Å²) in [4.78, 5) is 36.5. The van der Waals surface area contributed by atoms with Gasteiger partial charge in [0.05, 0.1) is 12.5 Å². The highest BCUT2D eigenvalue weighted by Gasteiger charge is 2.48. The van der Waals surface area contributed by atoms with Gasteiger partial charge in [0.1, 0.15) is 11.9 Å². The second-order valence-corrected chi connectivity index (χ2v) is 12.7. The van der Waals surface area contributed by atoms with Crippen molar-refractivity contribution in [3.63, 3.8) is 0 Å². The molecule has 3 saturated heterocycles. The molecule has 1 aliphatic carbocycles. The number of benzene rings is 2. The van der Waals surface area contributed by atoms with Crippen LogP contribution in [-0.4, -0.2) is 79.4 Å². The topological polar surface area (TPSA) is 71.6 Å². The number of carbonyl (C=O) groups is 2. The number of rotatable bonds is 8. The lowest BCUT2D eigenvalue weighted by Gasteiger charge is -2.39. The molecular formula is C34H45N3O5. The van der Waals surface area contributed by atoms with Crippen LogP contribution >= 0.6 is 0 Å². The molecule has 2 atom stereocenters. The number of likely N-dealkylation sites (tertiary alicyclic amines) is 2. The molecule has 1 amide bonds. The van der Waals surface area contributed by atoms with Gasteiger partial charge in [-0.2, -0.15) is 0 Å². The molecule has 4 fully saturated rings. The predicted molar refractivity (Wildman–Crippen MR) is 160 cm³/mol. The van der Waals surface area contributed by atoms with Crippen molar-refractivity contribution in [2.24, 2.45) is 11.3 Å². The van der Waals surface area contributed by atoms with E-state index in [2.05, 4.69) is 29.2 Å². The van der Waals surface area contributed by atoms with Crippen LogP contribution in [0.3, 0.4) is 0 Å². The second kappa shape index (κ2) is 13.0. The van der Waals surface area contributed by atoms with Crippen molar-refractivity contribution in [2.75, 3.05) is 46.4 Å². The quantitative estimate of drug-likeness (QED) is 0.378. The summed E-state index contributed by atoms with van der Waals surface area (Å²) in [6, 6.07) is 18.6. The van der Waals surface area contributed by atoms with Crippen molar-refractivity contribution >= 4 is 12.1 Å². The lowest BCUT2D eigenvalue weighted by Crippen LogP contribution is -2.46. The van der Waals surface area contributed by atoms with Crippen LogP contribution in [0.1, 0.15) is 68.4 Å². The van der Waals surface area contributed by atoms with Crippen LogP contribution in [0.5, 0.6) is 5.75 Å². The van der Waals surface area contributed by atoms with Gasteiger partial charge in [0.2, 0.25) is 5.91 Å². The number of nitrogens with zero attached hydrogens (tertiary/aromatic N) is 3. The Bertz CT molecular complexity index is 1190. The van der Waals surface area contributed by atoms with Gasteiger partial charge < -0.3 is 24.1 Å². The van der Waals surface area contributed by atoms with Gasteiger partial charge in [-0.05, 0) is 87.2 Å².